The summed E-state index contributed by atoms with van der Waals surface area (Å²) < 4.78 is 30.8. The Kier molecular flexibility index (Phi) is 8.39. The highest BCUT2D eigenvalue weighted by atomic mass is 32.1. The number of anilines is 2. The molecule has 1 saturated heterocycles. The van der Waals surface area contributed by atoms with Gasteiger partial charge in [0, 0.05) is 6.54 Å². The van der Waals surface area contributed by atoms with Crippen LogP contribution in [0, 0.1) is 12.9 Å². The minimum Gasteiger partial charge on any atom is -0.468 e. The second kappa shape index (κ2) is 11.7. The van der Waals surface area contributed by atoms with Crippen LogP contribution in [-0.2, 0) is 9.47 Å². The Morgan fingerprint density at radius 1 is 1.26 bits per heavy atom. The monoisotopic (exact) mass is 504 g/mol. The average Bonchev–Trinajstić information content (AvgIpc) is 2.99. The topological polar surface area (TPSA) is 111 Å². The molecular weight excluding hydrogens is 475 g/mol. The van der Waals surface area contributed by atoms with Gasteiger partial charge in [0.25, 0.3) is 5.91 Å². The van der Waals surface area contributed by atoms with E-state index < -0.39 is 12.1 Å². The molecule has 10 nitrogen and oxygen atoms in total. The van der Waals surface area contributed by atoms with E-state index in [1.54, 1.807) is 0 Å². The maximum atomic E-state index is 13.9. The Hall–Kier alpha value is -2.93. The summed E-state index contributed by atoms with van der Waals surface area (Å²) >= 11 is 1.31. The summed E-state index contributed by atoms with van der Waals surface area (Å²) in [5.41, 5.74) is 1.19. The van der Waals surface area contributed by atoms with Crippen LogP contribution in [0.1, 0.15) is 21.7 Å². The lowest BCUT2D eigenvalue weighted by Gasteiger charge is -2.18. The molecule has 1 amide bonds. The lowest BCUT2D eigenvalue weighted by Crippen LogP contribution is -2.27. The minimum atomic E-state index is -0.672. The molecular formula is C23H29FN6O4S. The number of amides is 1. The first-order valence-electron chi connectivity index (χ1n) is 11.3. The zero-order valence-electron chi connectivity index (χ0n) is 20.0. The summed E-state index contributed by atoms with van der Waals surface area (Å²) in [6, 6.07) is 2.77. The van der Waals surface area contributed by atoms with Crippen LogP contribution in [0.3, 0.4) is 0 Å². The number of aryl methyl sites for hydroxylation is 1. The summed E-state index contributed by atoms with van der Waals surface area (Å²) in [5.74, 6) is -0.269. The van der Waals surface area contributed by atoms with E-state index >= 15 is 0 Å². The molecule has 2 N–H and O–H groups in total. The van der Waals surface area contributed by atoms with E-state index in [0.29, 0.717) is 59.6 Å². The van der Waals surface area contributed by atoms with Gasteiger partial charge < -0.3 is 29.7 Å². The molecule has 0 aliphatic carbocycles. The standard InChI is InChI=1S/C23H29FN6O4S/c1-14-18-20(26-13-27-23(18)35-19(14)21(31)25-7-4-8-30(2)3)28-16-5-6-17(24)29-22(16)34-15-11-32-9-10-33-12-15/h5-6,13,15H,4,7-12H2,1-3H3,(H,25,31)(H,26,27,28). The number of fused-ring (bicyclic) bond motifs is 1. The first-order valence-corrected chi connectivity index (χ1v) is 12.2. The van der Waals surface area contributed by atoms with Gasteiger partial charge in [0.05, 0.1) is 36.7 Å². The van der Waals surface area contributed by atoms with Crippen LogP contribution in [0.25, 0.3) is 10.2 Å². The van der Waals surface area contributed by atoms with Crippen molar-refractivity contribution in [3.63, 3.8) is 0 Å². The zero-order chi connectivity index (χ0) is 24.8. The van der Waals surface area contributed by atoms with E-state index in [1.165, 1.54) is 29.8 Å². The number of carbonyl (C=O) groups is 1. The quantitative estimate of drug-likeness (QED) is 0.336. The summed E-state index contributed by atoms with van der Waals surface area (Å²) in [6.45, 7) is 4.91. The lowest BCUT2D eigenvalue weighted by atomic mass is 10.2. The van der Waals surface area contributed by atoms with Crippen molar-refractivity contribution in [3.8, 4) is 5.88 Å². The van der Waals surface area contributed by atoms with Gasteiger partial charge in [0.15, 0.2) is 0 Å². The van der Waals surface area contributed by atoms with Gasteiger partial charge in [0.2, 0.25) is 11.8 Å². The SMILES string of the molecule is Cc1c(C(=O)NCCCN(C)C)sc2ncnc(Nc3ccc(F)nc3OC3COCCOC3)c12. The maximum Gasteiger partial charge on any atom is 0.261 e. The molecule has 12 heteroatoms. The number of carbonyl (C=O) groups excluding carboxylic acids is 1. The molecule has 0 bridgehead atoms. The summed E-state index contributed by atoms with van der Waals surface area (Å²) in [7, 11) is 3.99. The van der Waals surface area contributed by atoms with Crippen molar-refractivity contribution in [2.45, 2.75) is 19.4 Å². The third-order valence-corrected chi connectivity index (χ3v) is 6.54. The number of hydrogen-bond acceptors (Lipinski definition) is 10. The highest BCUT2D eigenvalue weighted by Crippen LogP contribution is 2.36. The van der Waals surface area contributed by atoms with E-state index in [1.807, 2.05) is 21.0 Å². The largest absolute Gasteiger partial charge is 0.468 e. The third-order valence-electron chi connectivity index (χ3n) is 5.34. The van der Waals surface area contributed by atoms with Crippen LogP contribution in [0.15, 0.2) is 18.5 Å². The number of thiophene rings is 1. The van der Waals surface area contributed by atoms with Gasteiger partial charge >= 0.3 is 0 Å². The van der Waals surface area contributed by atoms with Crippen LogP contribution in [-0.4, -0.2) is 85.5 Å². The molecule has 0 spiro atoms. The van der Waals surface area contributed by atoms with Gasteiger partial charge in [-0.2, -0.15) is 9.37 Å². The molecule has 35 heavy (non-hydrogen) atoms. The predicted octanol–water partition coefficient (Wildman–Crippen LogP) is 2.75. The minimum absolute atomic E-state index is 0.0719. The van der Waals surface area contributed by atoms with Crippen molar-refractivity contribution in [1.82, 2.24) is 25.2 Å². The Morgan fingerprint density at radius 3 is 2.77 bits per heavy atom. The van der Waals surface area contributed by atoms with E-state index in [2.05, 4.69) is 30.5 Å². The number of pyridine rings is 1. The molecule has 188 valence electrons. The van der Waals surface area contributed by atoms with Crippen molar-refractivity contribution in [1.29, 1.82) is 0 Å². The highest BCUT2D eigenvalue weighted by Gasteiger charge is 2.22. The number of hydrogen-bond donors (Lipinski definition) is 2. The second-order valence-electron chi connectivity index (χ2n) is 8.37. The highest BCUT2D eigenvalue weighted by molar-refractivity contribution is 7.20. The van der Waals surface area contributed by atoms with Gasteiger partial charge in [-0.1, -0.05) is 0 Å². The molecule has 0 atom stereocenters. The fourth-order valence-electron chi connectivity index (χ4n) is 3.61. The fourth-order valence-corrected chi connectivity index (χ4v) is 4.68. The molecule has 0 radical (unpaired) electrons. The molecule has 4 heterocycles. The van der Waals surface area contributed by atoms with Crippen molar-refractivity contribution >= 4 is 39.0 Å². The number of rotatable bonds is 9. The molecule has 1 aliphatic rings. The zero-order valence-corrected chi connectivity index (χ0v) is 20.8. The summed E-state index contributed by atoms with van der Waals surface area (Å²) in [5, 5.41) is 6.88. The van der Waals surface area contributed by atoms with Crippen molar-refractivity contribution in [2.24, 2.45) is 0 Å². The summed E-state index contributed by atoms with van der Waals surface area (Å²) in [4.78, 5) is 28.8. The Labute approximate surface area is 206 Å². The number of aromatic nitrogens is 3. The van der Waals surface area contributed by atoms with E-state index in [0.717, 1.165) is 18.5 Å². The molecule has 0 aromatic carbocycles. The predicted molar refractivity (Wildman–Crippen MR) is 131 cm³/mol. The van der Waals surface area contributed by atoms with Crippen LogP contribution < -0.4 is 15.4 Å². The molecule has 3 aromatic heterocycles. The molecule has 4 rings (SSSR count). The Balaban J connectivity index is 1.56. The normalized spacial score (nSPS) is 14.8. The lowest BCUT2D eigenvalue weighted by molar-refractivity contribution is 0.0567. The van der Waals surface area contributed by atoms with Gasteiger partial charge in [-0.05, 0) is 51.7 Å². The molecule has 1 fully saturated rings. The van der Waals surface area contributed by atoms with Crippen LogP contribution >= 0.6 is 11.3 Å². The summed E-state index contributed by atoms with van der Waals surface area (Å²) in [6.07, 6.45) is 1.85. The van der Waals surface area contributed by atoms with Gasteiger partial charge in [-0.25, -0.2) is 9.97 Å². The number of nitrogens with zero attached hydrogens (tertiary/aromatic N) is 4. The molecule has 3 aromatic rings. The second-order valence-corrected chi connectivity index (χ2v) is 9.37. The average molecular weight is 505 g/mol. The first kappa shape index (κ1) is 25.2. The number of halogens is 1. The third kappa shape index (κ3) is 6.40. The molecule has 1 aliphatic heterocycles. The van der Waals surface area contributed by atoms with Crippen LogP contribution in [0.2, 0.25) is 0 Å². The fraction of sp³-hybridized carbons (Fsp3) is 0.478. The smallest absolute Gasteiger partial charge is 0.261 e. The van der Waals surface area contributed by atoms with Crippen LogP contribution in [0.4, 0.5) is 15.9 Å². The number of ether oxygens (including phenoxy) is 3. The number of nitrogens with one attached hydrogen (secondary N) is 2. The van der Waals surface area contributed by atoms with Crippen molar-refractivity contribution in [3.05, 3.63) is 34.8 Å². The van der Waals surface area contributed by atoms with E-state index in [4.69, 9.17) is 14.2 Å². The Bertz CT molecular complexity index is 1170. The first-order chi connectivity index (χ1) is 16.9. The van der Waals surface area contributed by atoms with Gasteiger partial charge in [-0.15, -0.1) is 11.3 Å². The Morgan fingerprint density at radius 2 is 2.03 bits per heavy atom. The van der Waals surface area contributed by atoms with Crippen molar-refractivity contribution < 1.29 is 23.4 Å². The van der Waals surface area contributed by atoms with Crippen LogP contribution in [0.5, 0.6) is 5.88 Å². The van der Waals surface area contributed by atoms with Crippen molar-refractivity contribution in [2.75, 3.05) is 58.9 Å². The maximum absolute atomic E-state index is 13.9. The van der Waals surface area contributed by atoms with Gasteiger partial charge in [0.1, 0.15) is 28.8 Å². The molecule has 0 unspecified atom stereocenters. The van der Waals surface area contributed by atoms with E-state index in [9.17, 15) is 9.18 Å². The molecule has 0 saturated carbocycles. The van der Waals surface area contributed by atoms with E-state index in [-0.39, 0.29) is 11.8 Å². The van der Waals surface area contributed by atoms with Gasteiger partial charge in [-0.3, -0.25) is 4.79 Å².